The van der Waals surface area contributed by atoms with Crippen LogP contribution < -0.4 is 25.0 Å². The zero-order chi connectivity index (χ0) is 27.4. The molecule has 1 amide bonds. The number of methoxy groups -OCH3 is 3. The molecule has 1 unspecified atom stereocenters. The van der Waals surface area contributed by atoms with Crippen molar-refractivity contribution < 1.29 is 23.8 Å². The fourth-order valence-corrected chi connectivity index (χ4v) is 4.57. The van der Waals surface area contributed by atoms with E-state index >= 15 is 0 Å². The van der Waals surface area contributed by atoms with Crippen LogP contribution >= 0.6 is 0 Å². The van der Waals surface area contributed by atoms with E-state index in [2.05, 4.69) is 20.6 Å². The maximum absolute atomic E-state index is 13.9. The molecule has 1 aromatic carbocycles. The van der Waals surface area contributed by atoms with Crippen LogP contribution in [0.25, 0.3) is 5.65 Å². The van der Waals surface area contributed by atoms with Crippen molar-refractivity contribution in [2.75, 3.05) is 44.6 Å². The second kappa shape index (κ2) is 11.4. The molecule has 2 N–H and O–H groups in total. The number of nitrogens with one attached hydrogen (secondary N) is 2. The molecule has 4 heterocycles. The Kier molecular flexibility index (Phi) is 7.55. The van der Waals surface area contributed by atoms with Crippen molar-refractivity contribution in [1.82, 2.24) is 24.9 Å². The van der Waals surface area contributed by atoms with E-state index in [1.165, 1.54) is 14.2 Å². The van der Waals surface area contributed by atoms with Gasteiger partial charge in [-0.3, -0.25) is 9.69 Å². The molecule has 0 radical (unpaired) electrons. The quantitative estimate of drug-likeness (QED) is 0.327. The minimum absolute atomic E-state index is 0.132. The fraction of sp³-hybridized carbons (Fsp3) is 0.296. The lowest BCUT2D eigenvalue weighted by molar-refractivity contribution is 0.0600. The van der Waals surface area contributed by atoms with Crippen molar-refractivity contribution in [3.05, 3.63) is 66.0 Å². The van der Waals surface area contributed by atoms with Crippen LogP contribution in [0.5, 0.6) is 11.6 Å². The number of nitrogens with zero attached hydrogens (tertiary/aromatic N) is 5. The average molecular weight is 532 g/mol. The first-order chi connectivity index (χ1) is 19.0. The van der Waals surface area contributed by atoms with Crippen LogP contribution in [-0.4, -0.2) is 71.9 Å². The van der Waals surface area contributed by atoms with E-state index in [0.717, 1.165) is 19.4 Å². The van der Waals surface area contributed by atoms with Gasteiger partial charge in [-0.25, -0.2) is 14.3 Å². The Bertz CT molecular complexity index is 1480. The van der Waals surface area contributed by atoms with E-state index in [1.807, 2.05) is 0 Å². The second-order valence-corrected chi connectivity index (χ2v) is 8.89. The van der Waals surface area contributed by atoms with Gasteiger partial charge in [0.1, 0.15) is 5.82 Å². The van der Waals surface area contributed by atoms with Crippen LogP contribution in [0.4, 0.5) is 17.3 Å². The Morgan fingerprint density at radius 2 is 1.87 bits per heavy atom. The van der Waals surface area contributed by atoms with Gasteiger partial charge in [0.2, 0.25) is 0 Å². The lowest BCUT2D eigenvalue weighted by Gasteiger charge is -2.34. The number of carbonyl (C=O) groups excluding carboxylic acids is 2. The van der Waals surface area contributed by atoms with Crippen molar-refractivity contribution in [3.63, 3.8) is 0 Å². The first-order valence-corrected chi connectivity index (χ1v) is 12.5. The van der Waals surface area contributed by atoms with E-state index in [0.29, 0.717) is 52.3 Å². The standard InChI is InChI=1S/C27H29N7O5/c1-37-21-10-11-22(31-25(21)38-2)30-20-15-23(32-33-14-13-29-24(20)33)34(19-5-4-12-28-16-19)26(35)17-6-8-18(9-7-17)27(36)39-3/h6-11,13-15,19,28H,4-5,12,16H2,1-3H3,(H,30,31). The molecule has 1 fully saturated rings. The van der Waals surface area contributed by atoms with Gasteiger partial charge in [-0.1, -0.05) is 0 Å². The third kappa shape index (κ3) is 5.32. The monoisotopic (exact) mass is 531 g/mol. The molecule has 12 heteroatoms. The maximum atomic E-state index is 13.9. The molecule has 1 aliphatic rings. The van der Waals surface area contributed by atoms with Gasteiger partial charge in [0.25, 0.3) is 11.8 Å². The summed E-state index contributed by atoms with van der Waals surface area (Å²) in [5.41, 5.74) is 1.96. The van der Waals surface area contributed by atoms with Gasteiger partial charge in [0, 0.05) is 30.6 Å². The summed E-state index contributed by atoms with van der Waals surface area (Å²) in [6.45, 7) is 1.51. The number of imidazole rings is 1. The highest BCUT2D eigenvalue weighted by Crippen LogP contribution is 2.31. The molecule has 39 heavy (non-hydrogen) atoms. The Balaban J connectivity index is 1.55. The fourth-order valence-electron chi connectivity index (χ4n) is 4.57. The Hall–Kier alpha value is -4.71. The van der Waals surface area contributed by atoms with Crippen LogP contribution in [0, 0.1) is 0 Å². The summed E-state index contributed by atoms with van der Waals surface area (Å²) in [6.07, 6.45) is 5.09. The number of esters is 1. The second-order valence-electron chi connectivity index (χ2n) is 8.89. The number of carbonyl (C=O) groups is 2. The van der Waals surface area contributed by atoms with Crippen molar-refractivity contribution in [2.24, 2.45) is 0 Å². The van der Waals surface area contributed by atoms with Gasteiger partial charge in [-0.05, 0) is 55.8 Å². The number of hydrogen-bond donors (Lipinski definition) is 2. The minimum Gasteiger partial charge on any atom is -0.491 e. The number of ether oxygens (including phenoxy) is 3. The number of amides is 1. The largest absolute Gasteiger partial charge is 0.491 e. The third-order valence-electron chi connectivity index (χ3n) is 6.50. The molecule has 3 aromatic heterocycles. The summed E-state index contributed by atoms with van der Waals surface area (Å²) in [7, 11) is 4.39. The van der Waals surface area contributed by atoms with Gasteiger partial charge in [0.05, 0.1) is 38.6 Å². The minimum atomic E-state index is -0.464. The van der Waals surface area contributed by atoms with Crippen molar-refractivity contribution in [1.29, 1.82) is 0 Å². The smallest absolute Gasteiger partial charge is 0.337 e. The van der Waals surface area contributed by atoms with E-state index < -0.39 is 5.97 Å². The topological polar surface area (TPSA) is 132 Å². The highest BCUT2D eigenvalue weighted by Gasteiger charge is 2.30. The molecular weight excluding hydrogens is 502 g/mol. The van der Waals surface area contributed by atoms with E-state index in [-0.39, 0.29) is 11.9 Å². The number of rotatable bonds is 8. The number of fused-ring (bicyclic) bond motifs is 1. The molecule has 4 aromatic rings. The molecule has 12 nitrogen and oxygen atoms in total. The number of piperidine rings is 1. The molecule has 1 aliphatic heterocycles. The zero-order valence-electron chi connectivity index (χ0n) is 21.9. The van der Waals surface area contributed by atoms with Gasteiger partial charge < -0.3 is 24.8 Å². The van der Waals surface area contributed by atoms with Crippen LogP contribution in [-0.2, 0) is 4.74 Å². The van der Waals surface area contributed by atoms with Crippen LogP contribution in [0.15, 0.2) is 54.9 Å². The molecule has 0 bridgehead atoms. The molecule has 0 spiro atoms. The Morgan fingerprint density at radius 1 is 1.08 bits per heavy atom. The van der Waals surface area contributed by atoms with Crippen LogP contribution in [0.2, 0.25) is 0 Å². The third-order valence-corrected chi connectivity index (χ3v) is 6.50. The first-order valence-electron chi connectivity index (χ1n) is 12.5. The maximum Gasteiger partial charge on any atom is 0.337 e. The van der Waals surface area contributed by atoms with Crippen LogP contribution in [0.1, 0.15) is 33.6 Å². The molecular formula is C27H29N7O5. The lowest BCUT2D eigenvalue weighted by atomic mass is 10.0. The van der Waals surface area contributed by atoms with Gasteiger partial charge in [0.15, 0.2) is 17.2 Å². The van der Waals surface area contributed by atoms with Gasteiger partial charge in [-0.15, -0.1) is 5.10 Å². The molecule has 1 saturated heterocycles. The molecule has 202 valence electrons. The predicted octanol–water partition coefficient (Wildman–Crippen LogP) is 3.07. The van der Waals surface area contributed by atoms with Crippen molar-refractivity contribution in [2.45, 2.75) is 18.9 Å². The highest BCUT2D eigenvalue weighted by molar-refractivity contribution is 6.07. The number of pyridine rings is 1. The molecule has 0 aliphatic carbocycles. The highest BCUT2D eigenvalue weighted by atomic mass is 16.5. The molecule has 1 atom stereocenters. The van der Waals surface area contributed by atoms with E-state index in [4.69, 9.17) is 19.3 Å². The summed E-state index contributed by atoms with van der Waals surface area (Å²) in [5, 5.41) is 11.4. The SMILES string of the molecule is COC(=O)c1ccc(C(=O)N(c2cc(Nc3ccc(OC)c(OC)n3)c3nccn3n2)C2CCCNC2)cc1. The van der Waals surface area contributed by atoms with Gasteiger partial charge in [-0.2, -0.15) is 4.98 Å². The summed E-state index contributed by atoms with van der Waals surface area (Å²) in [6, 6.07) is 11.6. The van der Waals surface area contributed by atoms with E-state index in [1.54, 1.807) is 71.4 Å². The summed E-state index contributed by atoms with van der Waals surface area (Å²) in [5.74, 6) is 1.08. The number of hydrogen-bond acceptors (Lipinski definition) is 10. The summed E-state index contributed by atoms with van der Waals surface area (Å²) < 4.78 is 17.0. The zero-order valence-corrected chi connectivity index (χ0v) is 21.9. The molecule has 5 rings (SSSR count). The van der Waals surface area contributed by atoms with Crippen LogP contribution in [0.3, 0.4) is 0 Å². The predicted molar refractivity (Wildman–Crippen MR) is 144 cm³/mol. The summed E-state index contributed by atoms with van der Waals surface area (Å²) in [4.78, 5) is 36.5. The Labute approximate surface area is 224 Å². The summed E-state index contributed by atoms with van der Waals surface area (Å²) >= 11 is 0. The number of aromatic nitrogens is 4. The van der Waals surface area contributed by atoms with Crippen molar-refractivity contribution in [3.8, 4) is 11.6 Å². The average Bonchev–Trinajstić information content (AvgIpc) is 3.46. The normalized spacial score (nSPS) is 15.0. The van der Waals surface area contributed by atoms with Gasteiger partial charge >= 0.3 is 5.97 Å². The first kappa shape index (κ1) is 25.9. The number of anilines is 3. The van der Waals surface area contributed by atoms with E-state index in [9.17, 15) is 9.59 Å². The number of benzene rings is 1. The Morgan fingerprint density at radius 3 is 2.56 bits per heavy atom. The van der Waals surface area contributed by atoms with Crippen molar-refractivity contribution >= 4 is 34.8 Å². The lowest BCUT2D eigenvalue weighted by Crippen LogP contribution is -2.49. The molecule has 0 saturated carbocycles.